The van der Waals surface area contributed by atoms with Crippen LogP contribution in [0.1, 0.15) is 28.0 Å². The van der Waals surface area contributed by atoms with E-state index in [9.17, 15) is 14.4 Å². The number of carbonyl (C=O) groups is 3. The molecule has 0 unspecified atom stereocenters. The first-order valence-corrected chi connectivity index (χ1v) is 10.3. The summed E-state index contributed by atoms with van der Waals surface area (Å²) in [7, 11) is 7.90. The topological polar surface area (TPSA) is 85.8 Å². The zero-order valence-corrected chi connectivity index (χ0v) is 18.3. The van der Waals surface area contributed by atoms with E-state index in [4.69, 9.17) is 0 Å². The SMILES string of the molecule is CN(C)CCC1=C2C(=O)C=CC(C3=CC(=O)C(=O)c4c(CCN(C)C)c[nH]c43)=C2N=C1. The zero-order valence-electron chi connectivity index (χ0n) is 18.3. The highest BCUT2D eigenvalue weighted by Gasteiger charge is 2.34. The van der Waals surface area contributed by atoms with E-state index in [1.54, 1.807) is 18.5 Å². The van der Waals surface area contributed by atoms with Crippen molar-refractivity contribution in [3.63, 3.8) is 0 Å². The number of H-pyrrole nitrogens is 1. The molecule has 3 aliphatic rings. The maximum Gasteiger partial charge on any atom is 0.235 e. The molecular formula is C24H26N4O3. The van der Waals surface area contributed by atoms with Crippen molar-refractivity contribution in [1.29, 1.82) is 0 Å². The van der Waals surface area contributed by atoms with Crippen molar-refractivity contribution in [1.82, 2.24) is 14.8 Å². The number of nitrogens with zero attached hydrogens (tertiary/aromatic N) is 3. The Morgan fingerprint density at radius 1 is 0.935 bits per heavy atom. The van der Waals surface area contributed by atoms with Crippen molar-refractivity contribution in [2.75, 3.05) is 41.3 Å². The number of rotatable bonds is 7. The monoisotopic (exact) mass is 418 g/mol. The van der Waals surface area contributed by atoms with Crippen LogP contribution in [0.2, 0.25) is 0 Å². The van der Waals surface area contributed by atoms with E-state index in [0.717, 1.165) is 24.2 Å². The van der Waals surface area contributed by atoms with Crippen molar-refractivity contribution in [2.45, 2.75) is 12.8 Å². The van der Waals surface area contributed by atoms with Gasteiger partial charge in [-0.2, -0.15) is 0 Å². The van der Waals surface area contributed by atoms with Gasteiger partial charge in [0.2, 0.25) is 11.6 Å². The Labute approximate surface area is 181 Å². The number of hydrogen-bond acceptors (Lipinski definition) is 6. The molecule has 7 nitrogen and oxygen atoms in total. The number of fused-ring (bicyclic) bond motifs is 2. The van der Waals surface area contributed by atoms with Gasteiger partial charge in [0.1, 0.15) is 0 Å². The van der Waals surface area contributed by atoms with Crippen LogP contribution in [0.4, 0.5) is 0 Å². The first-order valence-electron chi connectivity index (χ1n) is 10.3. The Morgan fingerprint density at radius 2 is 1.65 bits per heavy atom. The third kappa shape index (κ3) is 3.82. The summed E-state index contributed by atoms with van der Waals surface area (Å²) in [5.74, 6) is -1.12. The van der Waals surface area contributed by atoms with Crippen LogP contribution < -0.4 is 0 Å². The van der Waals surface area contributed by atoms with Crippen LogP contribution in [0.15, 0.2) is 51.8 Å². The van der Waals surface area contributed by atoms with Crippen LogP contribution >= 0.6 is 0 Å². The Morgan fingerprint density at radius 3 is 2.35 bits per heavy atom. The van der Waals surface area contributed by atoms with Gasteiger partial charge in [0.25, 0.3) is 0 Å². The molecule has 0 amide bonds. The molecule has 0 spiro atoms. The fraction of sp³-hybridized carbons (Fsp3) is 0.333. The molecule has 1 aromatic rings. The Bertz CT molecular complexity index is 1140. The van der Waals surface area contributed by atoms with Gasteiger partial charge in [0.15, 0.2) is 5.78 Å². The number of aliphatic imine (C=N–C) groups is 1. The van der Waals surface area contributed by atoms with Crippen molar-refractivity contribution < 1.29 is 14.4 Å². The molecule has 1 N–H and O–H groups in total. The second-order valence-corrected chi connectivity index (χ2v) is 8.54. The first-order chi connectivity index (χ1) is 14.8. The largest absolute Gasteiger partial charge is 0.360 e. The fourth-order valence-electron chi connectivity index (χ4n) is 4.06. The Balaban J connectivity index is 1.78. The van der Waals surface area contributed by atoms with E-state index >= 15 is 0 Å². The van der Waals surface area contributed by atoms with Gasteiger partial charge in [-0.15, -0.1) is 0 Å². The summed E-state index contributed by atoms with van der Waals surface area (Å²) in [5, 5.41) is 0. The molecule has 7 heteroatoms. The molecule has 0 fully saturated rings. The third-order valence-corrected chi connectivity index (χ3v) is 5.71. The molecule has 0 aromatic carbocycles. The molecule has 2 aliphatic carbocycles. The smallest absolute Gasteiger partial charge is 0.235 e. The van der Waals surface area contributed by atoms with E-state index in [2.05, 4.69) is 14.9 Å². The Kier molecular flexibility index (Phi) is 5.56. The minimum absolute atomic E-state index is 0.0813. The van der Waals surface area contributed by atoms with Gasteiger partial charge in [-0.25, -0.2) is 0 Å². The highest BCUT2D eigenvalue weighted by atomic mass is 16.2. The molecule has 31 heavy (non-hydrogen) atoms. The lowest BCUT2D eigenvalue weighted by atomic mass is 9.84. The van der Waals surface area contributed by atoms with Crippen LogP contribution in [0, 0.1) is 0 Å². The second kappa shape index (κ2) is 8.17. The predicted molar refractivity (Wildman–Crippen MR) is 120 cm³/mol. The number of aromatic amines is 1. The second-order valence-electron chi connectivity index (χ2n) is 8.54. The minimum atomic E-state index is -0.549. The molecule has 4 rings (SSSR count). The molecule has 1 aliphatic heterocycles. The van der Waals surface area contributed by atoms with Crippen molar-refractivity contribution in [3.8, 4) is 0 Å². The number of aromatic nitrogens is 1. The zero-order chi connectivity index (χ0) is 22.3. The molecule has 0 atom stereocenters. The number of ketones is 3. The normalized spacial score (nSPS) is 18.0. The average molecular weight is 418 g/mol. The maximum absolute atomic E-state index is 12.7. The summed E-state index contributed by atoms with van der Waals surface area (Å²) in [6, 6.07) is 0. The van der Waals surface area contributed by atoms with E-state index in [1.165, 1.54) is 12.2 Å². The van der Waals surface area contributed by atoms with Gasteiger partial charge in [0, 0.05) is 36.6 Å². The first kappa shape index (κ1) is 21.1. The van der Waals surface area contributed by atoms with Gasteiger partial charge in [0.05, 0.1) is 22.5 Å². The number of carbonyl (C=O) groups excluding carboxylic acids is 3. The van der Waals surface area contributed by atoms with E-state index < -0.39 is 11.6 Å². The molecule has 0 saturated carbocycles. The van der Waals surface area contributed by atoms with Gasteiger partial charge < -0.3 is 14.8 Å². The summed E-state index contributed by atoms with van der Waals surface area (Å²) >= 11 is 0. The summed E-state index contributed by atoms with van der Waals surface area (Å²) in [6.07, 6.45) is 9.50. The third-order valence-electron chi connectivity index (χ3n) is 5.71. The summed E-state index contributed by atoms with van der Waals surface area (Å²) < 4.78 is 0. The van der Waals surface area contributed by atoms with Gasteiger partial charge in [-0.1, -0.05) is 0 Å². The molecular weight excluding hydrogens is 392 g/mol. The highest BCUT2D eigenvalue weighted by Crippen LogP contribution is 2.40. The van der Waals surface area contributed by atoms with E-state index in [-0.39, 0.29) is 5.78 Å². The summed E-state index contributed by atoms with van der Waals surface area (Å²) in [5.41, 5.74) is 5.24. The summed E-state index contributed by atoms with van der Waals surface area (Å²) in [6.45, 7) is 1.57. The quantitative estimate of drug-likeness (QED) is 0.685. The number of allylic oxidation sites excluding steroid dienone is 6. The molecule has 1 aromatic heterocycles. The van der Waals surface area contributed by atoms with Gasteiger partial charge >= 0.3 is 0 Å². The van der Waals surface area contributed by atoms with Gasteiger partial charge in [-0.05, 0) is 70.4 Å². The van der Waals surface area contributed by atoms with Crippen LogP contribution in [-0.2, 0) is 16.0 Å². The van der Waals surface area contributed by atoms with E-state index in [0.29, 0.717) is 46.5 Å². The number of likely N-dealkylation sites (N-methyl/N-ethyl adjacent to an activating group) is 1. The van der Waals surface area contributed by atoms with Crippen molar-refractivity contribution in [3.05, 3.63) is 63.7 Å². The number of hydrogen-bond donors (Lipinski definition) is 1. The predicted octanol–water partition coefficient (Wildman–Crippen LogP) is 1.99. The van der Waals surface area contributed by atoms with Crippen LogP contribution in [0.5, 0.6) is 0 Å². The lowest BCUT2D eigenvalue weighted by Crippen LogP contribution is -2.22. The van der Waals surface area contributed by atoms with Gasteiger partial charge in [-0.3, -0.25) is 19.4 Å². The van der Waals surface area contributed by atoms with Crippen LogP contribution in [0.25, 0.3) is 5.57 Å². The Hall–Kier alpha value is -3.16. The average Bonchev–Trinajstić information content (AvgIpc) is 3.33. The summed E-state index contributed by atoms with van der Waals surface area (Å²) in [4.78, 5) is 49.8. The lowest BCUT2D eigenvalue weighted by molar-refractivity contribution is -0.111. The number of Topliss-reactive ketones (excluding diaryl/α,β-unsaturated/α-hetero) is 1. The van der Waals surface area contributed by atoms with E-state index in [1.807, 2.05) is 33.1 Å². The van der Waals surface area contributed by atoms with Crippen LogP contribution in [0.3, 0.4) is 0 Å². The molecule has 2 heterocycles. The lowest BCUT2D eigenvalue weighted by Gasteiger charge is -2.19. The standard InChI is InChI=1S/C24H26N4O3/c1-27(2)9-7-14-12-25-22-16(5-6-18(29)20(14)22)17-11-19(30)24(31)21-15(8-10-28(3)4)13-26-23(17)21/h5-6,11-13,26H,7-10H2,1-4H3. The molecule has 0 saturated heterocycles. The van der Waals surface area contributed by atoms with Crippen molar-refractivity contribution >= 4 is 29.1 Å². The number of nitrogens with one attached hydrogen (secondary N) is 1. The van der Waals surface area contributed by atoms with Crippen LogP contribution in [-0.4, -0.2) is 79.6 Å². The highest BCUT2D eigenvalue weighted by molar-refractivity contribution is 6.51. The maximum atomic E-state index is 12.7. The molecule has 0 radical (unpaired) electrons. The minimum Gasteiger partial charge on any atom is -0.360 e. The molecule has 0 bridgehead atoms. The van der Waals surface area contributed by atoms with Crippen molar-refractivity contribution in [2.24, 2.45) is 4.99 Å². The molecule has 160 valence electrons. The fourth-order valence-corrected chi connectivity index (χ4v) is 4.06.